The molecule has 3 rings (SSSR count). The van der Waals surface area contributed by atoms with Gasteiger partial charge in [0.15, 0.2) is 0 Å². The molecule has 146 valence electrons. The molecule has 2 heterocycles. The van der Waals surface area contributed by atoms with Crippen molar-refractivity contribution in [3.05, 3.63) is 24.3 Å². The lowest BCUT2D eigenvalue weighted by Gasteiger charge is -2.25. The Hall–Kier alpha value is -2.48. The molecule has 0 spiro atoms. The number of likely N-dealkylation sites (N-methyl/N-ethyl adjacent to an activating group) is 1. The summed E-state index contributed by atoms with van der Waals surface area (Å²) >= 11 is 0. The van der Waals surface area contributed by atoms with Crippen LogP contribution >= 0.6 is 0 Å². The molecule has 8 nitrogen and oxygen atoms in total. The first-order valence-electron chi connectivity index (χ1n) is 9.68. The SMILES string of the molecule is CCN(CC)C(=O)CN1CCCN(C(=O)Cn2nnc3ccccc32)CC1. The van der Waals surface area contributed by atoms with Gasteiger partial charge in [-0.05, 0) is 32.4 Å². The van der Waals surface area contributed by atoms with Gasteiger partial charge in [0.05, 0.1) is 12.1 Å². The van der Waals surface area contributed by atoms with Crippen LogP contribution in [0.3, 0.4) is 0 Å². The number of carbonyl (C=O) groups excluding carboxylic acids is 2. The van der Waals surface area contributed by atoms with Crippen molar-refractivity contribution in [2.24, 2.45) is 0 Å². The molecule has 2 amide bonds. The molecule has 1 aliphatic heterocycles. The van der Waals surface area contributed by atoms with Gasteiger partial charge in [-0.1, -0.05) is 17.3 Å². The summed E-state index contributed by atoms with van der Waals surface area (Å²) in [6.45, 7) is 8.99. The highest BCUT2D eigenvalue weighted by Gasteiger charge is 2.22. The molecule has 1 aliphatic rings. The third-order valence-corrected chi connectivity index (χ3v) is 5.12. The minimum Gasteiger partial charge on any atom is -0.342 e. The second-order valence-corrected chi connectivity index (χ2v) is 6.81. The Labute approximate surface area is 159 Å². The number of hydrogen-bond donors (Lipinski definition) is 0. The Morgan fingerprint density at radius 2 is 1.81 bits per heavy atom. The van der Waals surface area contributed by atoms with E-state index in [1.807, 2.05) is 47.9 Å². The maximum absolute atomic E-state index is 12.7. The van der Waals surface area contributed by atoms with Gasteiger partial charge >= 0.3 is 0 Å². The van der Waals surface area contributed by atoms with Gasteiger partial charge in [0.2, 0.25) is 11.8 Å². The third-order valence-electron chi connectivity index (χ3n) is 5.12. The summed E-state index contributed by atoms with van der Waals surface area (Å²) in [5.41, 5.74) is 1.66. The molecule has 1 saturated heterocycles. The average molecular weight is 372 g/mol. The number of benzene rings is 1. The lowest BCUT2D eigenvalue weighted by Crippen LogP contribution is -2.42. The molecule has 0 aliphatic carbocycles. The number of amides is 2. The van der Waals surface area contributed by atoms with Crippen LogP contribution in [0.25, 0.3) is 11.0 Å². The van der Waals surface area contributed by atoms with E-state index < -0.39 is 0 Å². The van der Waals surface area contributed by atoms with Gasteiger partial charge in [-0.15, -0.1) is 5.10 Å². The second kappa shape index (κ2) is 8.94. The number of carbonyl (C=O) groups is 2. The number of para-hydroxylation sites is 1. The highest BCUT2D eigenvalue weighted by Crippen LogP contribution is 2.11. The van der Waals surface area contributed by atoms with Gasteiger partial charge in [0.1, 0.15) is 12.1 Å². The van der Waals surface area contributed by atoms with Crippen LogP contribution in [0.5, 0.6) is 0 Å². The molecule has 0 unspecified atom stereocenters. The Balaban J connectivity index is 1.56. The normalized spacial score (nSPS) is 15.7. The van der Waals surface area contributed by atoms with Gasteiger partial charge in [0, 0.05) is 39.3 Å². The average Bonchev–Trinajstić information content (AvgIpc) is 2.92. The molecular weight excluding hydrogens is 344 g/mol. The van der Waals surface area contributed by atoms with Crippen LogP contribution in [0.1, 0.15) is 20.3 Å². The fourth-order valence-corrected chi connectivity index (χ4v) is 3.51. The van der Waals surface area contributed by atoms with Crippen molar-refractivity contribution < 1.29 is 9.59 Å². The zero-order valence-corrected chi connectivity index (χ0v) is 16.2. The standard InChI is InChI=1S/C19H28N6O2/c1-3-23(4-2)18(26)14-22-10-7-11-24(13-12-22)19(27)15-25-17-9-6-5-8-16(17)20-21-25/h5-6,8-9H,3-4,7,10-15H2,1-2H3. The molecule has 0 atom stereocenters. The van der Waals surface area contributed by atoms with Crippen molar-refractivity contribution >= 4 is 22.8 Å². The fraction of sp³-hybridized carbons (Fsp3) is 0.579. The summed E-state index contributed by atoms with van der Waals surface area (Å²) in [7, 11) is 0. The van der Waals surface area contributed by atoms with E-state index in [0.29, 0.717) is 19.6 Å². The molecule has 27 heavy (non-hydrogen) atoms. The van der Waals surface area contributed by atoms with Crippen molar-refractivity contribution in [1.82, 2.24) is 29.7 Å². The van der Waals surface area contributed by atoms with E-state index in [0.717, 1.165) is 43.6 Å². The van der Waals surface area contributed by atoms with E-state index in [1.54, 1.807) is 4.68 Å². The molecule has 0 radical (unpaired) electrons. The smallest absolute Gasteiger partial charge is 0.244 e. The Kier molecular flexibility index (Phi) is 6.39. The van der Waals surface area contributed by atoms with Crippen molar-refractivity contribution in [3.8, 4) is 0 Å². The van der Waals surface area contributed by atoms with E-state index in [2.05, 4.69) is 15.2 Å². The fourth-order valence-electron chi connectivity index (χ4n) is 3.51. The van der Waals surface area contributed by atoms with Gasteiger partial charge in [-0.3, -0.25) is 14.5 Å². The highest BCUT2D eigenvalue weighted by atomic mass is 16.2. The van der Waals surface area contributed by atoms with E-state index in [9.17, 15) is 9.59 Å². The monoisotopic (exact) mass is 372 g/mol. The van der Waals surface area contributed by atoms with Crippen LogP contribution in [-0.4, -0.2) is 87.3 Å². The first-order valence-corrected chi connectivity index (χ1v) is 9.68. The number of fused-ring (bicyclic) bond motifs is 1. The zero-order valence-electron chi connectivity index (χ0n) is 16.2. The molecule has 0 N–H and O–H groups in total. The molecule has 1 fully saturated rings. The number of nitrogens with zero attached hydrogens (tertiary/aromatic N) is 6. The molecule has 1 aromatic heterocycles. The third kappa shape index (κ3) is 4.63. The van der Waals surface area contributed by atoms with Crippen LogP contribution in [0.2, 0.25) is 0 Å². The maximum atomic E-state index is 12.7. The van der Waals surface area contributed by atoms with E-state index in [4.69, 9.17) is 0 Å². The largest absolute Gasteiger partial charge is 0.342 e. The van der Waals surface area contributed by atoms with Crippen LogP contribution in [0.15, 0.2) is 24.3 Å². The lowest BCUT2D eigenvalue weighted by molar-refractivity contribution is -0.132. The molecular formula is C19H28N6O2. The minimum atomic E-state index is 0.0440. The van der Waals surface area contributed by atoms with Crippen molar-refractivity contribution in [1.29, 1.82) is 0 Å². The van der Waals surface area contributed by atoms with Crippen molar-refractivity contribution in [2.75, 3.05) is 45.8 Å². The summed E-state index contributed by atoms with van der Waals surface area (Å²) in [6, 6.07) is 7.64. The first-order chi connectivity index (χ1) is 13.1. The van der Waals surface area contributed by atoms with E-state index >= 15 is 0 Å². The quantitative estimate of drug-likeness (QED) is 0.751. The van der Waals surface area contributed by atoms with Crippen molar-refractivity contribution in [2.45, 2.75) is 26.8 Å². The first kappa shape index (κ1) is 19.3. The Bertz CT molecular complexity index is 785. The summed E-state index contributed by atoms with van der Waals surface area (Å²) < 4.78 is 1.66. The zero-order chi connectivity index (χ0) is 19.2. The second-order valence-electron chi connectivity index (χ2n) is 6.81. The highest BCUT2D eigenvalue weighted by molar-refractivity contribution is 5.80. The van der Waals surface area contributed by atoms with Crippen LogP contribution in [0, 0.1) is 0 Å². The summed E-state index contributed by atoms with van der Waals surface area (Å²) in [4.78, 5) is 30.9. The van der Waals surface area contributed by atoms with Gasteiger partial charge in [-0.25, -0.2) is 4.68 Å². The van der Waals surface area contributed by atoms with Crippen molar-refractivity contribution in [3.63, 3.8) is 0 Å². The summed E-state index contributed by atoms with van der Waals surface area (Å²) in [6.07, 6.45) is 0.870. The molecule has 2 aromatic rings. The maximum Gasteiger partial charge on any atom is 0.244 e. The number of aromatic nitrogens is 3. The predicted molar refractivity (Wildman–Crippen MR) is 103 cm³/mol. The van der Waals surface area contributed by atoms with Gasteiger partial charge < -0.3 is 9.80 Å². The van der Waals surface area contributed by atoms with E-state index in [-0.39, 0.29) is 18.4 Å². The van der Waals surface area contributed by atoms with Crippen LogP contribution in [0.4, 0.5) is 0 Å². The summed E-state index contributed by atoms with van der Waals surface area (Å²) in [5.74, 6) is 0.205. The summed E-state index contributed by atoms with van der Waals surface area (Å²) in [5, 5.41) is 8.21. The van der Waals surface area contributed by atoms with Crippen LogP contribution in [-0.2, 0) is 16.1 Å². The minimum absolute atomic E-state index is 0.0440. The molecule has 8 heteroatoms. The Morgan fingerprint density at radius 3 is 2.59 bits per heavy atom. The topological polar surface area (TPSA) is 74.6 Å². The number of rotatable bonds is 6. The van der Waals surface area contributed by atoms with E-state index in [1.165, 1.54) is 0 Å². The molecule has 0 saturated carbocycles. The Morgan fingerprint density at radius 1 is 1.04 bits per heavy atom. The van der Waals surface area contributed by atoms with Crippen LogP contribution < -0.4 is 0 Å². The molecule has 1 aromatic carbocycles. The molecule has 0 bridgehead atoms. The number of hydrogen-bond acceptors (Lipinski definition) is 5. The van der Waals surface area contributed by atoms with Gasteiger partial charge in [0.25, 0.3) is 0 Å². The lowest BCUT2D eigenvalue weighted by atomic mass is 10.3. The predicted octanol–water partition coefficient (Wildman–Crippen LogP) is 0.834. The van der Waals surface area contributed by atoms with Gasteiger partial charge in [-0.2, -0.15) is 0 Å².